The van der Waals surface area contributed by atoms with E-state index in [2.05, 4.69) is 167 Å². The van der Waals surface area contributed by atoms with Crippen LogP contribution in [0, 0.1) is 0 Å². The molecule has 0 aromatic heterocycles. The molecule has 0 heterocycles. The highest BCUT2D eigenvalue weighted by Crippen LogP contribution is 2.16. The van der Waals surface area contributed by atoms with E-state index in [0.717, 1.165) is 141 Å². The molecule has 0 saturated carbocycles. The molecule has 0 aliphatic heterocycles. The van der Waals surface area contributed by atoms with E-state index < -0.39 is 6.10 Å². The summed E-state index contributed by atoms with van der Waals surface area (Å²) in [5.74, 6) is -0.924. The Balaban J connectivity index is 4.32. The van der Waals surface area contributed by atoms with Crippen LogP contribution in [0.3, 0.4) is 0 Å². The second kappa shape index (κ2) is 69.8. The fraction of sp³-hybridized carbons (Fsp3) is 0.649. The Morgan fingerprint density at radius 3 is 0.747 bits per heavy atom. The fourth-order valence-corrected chi connectivity index (χ4v) is 9.27. The third-order valence-electron chi connectivity index (χ3n) is 14.3. The summed E-state index contributed by atoms with van der Waals surface area (Å²) in [4.78, 5) is 38.4. The summed E-state index contributed by atoms with van der Waals surface area (Å²) in [6, 6.07) is 0. The fourth-order valence-electron chi connectivity index (χ4n) is 9.27. The molecule has 0 radical (unpaired) electrons. The molecule has 1 atom stereocenters. The van der Waals surface area contributed by atoms with Crippen LogP contribution in [-0.2, 0) is 28.6 Å². The summed E-state index contributed by atoms with van der Waals surface area (Å²) in [6.07, 6.45) is 100. The lowest BCUT2D eigenvalue weighted by Gasteiger charge is -2.18. The molecule has 0 amide bonds. The van der Waals surface area contributed by atoms with Crippen LogP contribution < -0.4 is 0 Å². The van der Waals surface area contributed by atoms with Crippen molar-refractivity contribution in [1.29, 1.82) is 0 Å². The third-order valence-corrected chi connectivity index (χ3v) is 14.3. The van der Waals surface area contributed by atoms with Gasteiger partial charge in [-0.25, -0.2) is 0 Å². The Hall–Kier alpha value is -4.71. The maximum absolute atomic E-state index is 12.9. The van der Waals surface area contributed by atoms with Gasteiger partial charge in [-0.3, -0.25) is 14.4 Å². The van der Waals surface area contributed by atoms with Gasteiger partial charge in [-0.2, -0.15) is 0 Å². The summed E-state index contributed by atoms with van der Waals surface area (Å²) in [6.45, 7) is 6.39. The van der Waals surface area contributed by atoms with Gasteiger partial charge in [-0.1, -0.05) is 308 Å². The normalized spacial score (nSPS) is 13.0. The number of carbonyl (C=O) groups is 3. The van der Waals surface area contributed by atoms with Gasteiger partial charge in [0.2, 0.25) is 0 Å². The maximum Gasteiger partial charge on any atom is 0.306 e. The Morgan fingerprint density at radius 2 is 0.470 bits per heavy atom. The first-order valence-corrected chi connectivity index (χ1v) is 34.3. The van der Waals surface area contributed by atoms with E-state index in [-0.39, 0.29) is 37.5 Å². The molecule has 0 N–H and O–H groups in total. The first kappa shape index (κ1) is 78.3. The number of rotatable bonds is 61. The van der Waals surface area contributed by atoms with Gasteiger partial charge >= 0.3 is 17.9 Å². The van der Waals surface area contributed by atoms with Crippen molar-refractivity contribution in [2.45, 2.75) is 309 Å². The highest BCUT2D eigenvalue weighted by Gasteiger charge is 2.19. The molecule has 0 fully saturated rings. The lowest BCUT2D eigenvalue weighted by Crippen LogP contribution is -2.30. The van der Waals surface area contributed by atoms with E-state index in [1.165, 1.54) is 122 Å². The molecule has 0 saturated heterocycles. The Morgan fingerprint density at radius 1 is 0.253 bits per heavy atom. The zero-order chi connectivity index (χ0) is 59.9. The molecule has 6 nitrogen and oxygen atoms in total. The van der Waals surface area contributed by atoms with Gasteiger partial charge in [0.05, 0.1) is 0 Å². The van der Waals surface area contributed by atoms with Crippen molar-refractivity contribution < 1.29 is 28.6 Å². The molecule has 0 aliphatic rings. The summed E-state index contributed by atoms with van der Waals surface area (Å²) < 4.78 is 16.9. The van der Waals surface area contributed by atoms with Crippen molar-refractivity contribution >= 4 is 17.9 Å². The highest BCUT2D eigenvalue weighted by atomic mass is 16.6. The molecule has 6 heteroatoms. The van der Waals surface area contributed by atoms with Gasteiger partial charge in [0, 0.05) is 19.3 Å². The minimum atomic E-state index is -0.801. The number of hydrogen-bond donors (Lipinski definition) is 0. The topological polar surface area (TPSA) is 78.9 Å². The lowest BCUT2D eigenvalue weighted by atomic mass is 10.0. The number of allylic oxidation sites excluding steroid dienone is 24. The quantitative estimate of drug-likeness (QED) is 0.0261. The SMILES string of the molecule is CC/C=C\C/C=C\C/C=C\C/C=C\C/C=C\C/C=C\C/C=C\CCCCCC(=O)OC(COC(=O)CCCCCCCCCCCCC)COC(=O)CCCCCCCCCCCCCCC/C=C\C/C=C\C/C=C\C/C=C\C/C=C\CC. The molecule has 0 rings (SSSR count). The summed E-state index contributed by atoms with van der Waals surface area (Å²) >= 11 is 0. The molecule has 83 heavy (non-hydrogen) atoms. The molecular weight excluding hydrogens is 1020 g/mol. The van der Waals surface area contributed by atoms with Crippen molar-refractivity contribution in [3.8, 4) is 0 Å². The predicted octanol–water partition coefficient (Wildman–Crippen LogP) is 23.9. The molecule has 0 aromatic rings. The Labute approximate surface area is 512 Å². The number of hydrogen-bond acceptors (Lipinski definition) is 6. The molecule has 470 valence electrons. The molecule has 0 aliphatic carbocycles. The van der Waals surface area contributed by atoms with Gasteiger partial charge in [-0.05, 0) is 122 Å². The lowest BCUT2D eigenvalue weighted by molar-refractivity contribution is -0.167. The average molecular weight is 1150 g/mol. The van der Waals surface area contributed by atoms with Crippen molar-refractivity contribution in [2.24, 2.45) is 0 Å². The standard InChI is InChI=1S/C77H126O6/c1-4-7-10-13-16-19-22-24-26-28-30-32-34-36-37-38-39-41-42-44-46-48-50-52-55-58-61-64-67-70-76(79)82-73-74(72-81-75(78)69-66-63-60-57-54-21-18-15-12-9-6-3)83-77(80)71-68-65-62-59-56-53-51-49-47-45-43-40-35-33-31-29-27-25-23-20-17-14-11-8-5-2/h7-8,10-11,16-17,19-20,24-27,30-33,36-37,40,43,47,49,53,56,74H,4-6,9,12-15,18,21-23,28-29,34-35,38-39,41-42,44-46,48,50-52,54-55,57-73H2,1-3H3/b10-7-,11-8-,19-16-,20-17-,26-24-,27-25-,32-30-,33-31-,37-36-,43-40-,49-47-,56-53-. The van der Waals surface area contributed by atoms with E-state index in [0.29, 0.717) is 12.8 Å². The molecule has 0 bridgehead atoms. The monoisotopic (exact) mass is 1150 g/mol. The second-order valence-electron chi connectivity index (χ2n) is 22.3. The van der Waals surface area contributed by atoms with Crippen LogP contribution in [0.25, 0.3) is 0 Å². The van der Waals surface area contributed by atoms with Gasteiger partial charge in [0.1, 0.15) is 13.2 Å². The van der Waals surface area contributed by atoms with Gasteiger partial charge in [0.15, 0.2) is 6.10 Å². The Bertz CT molecular complexity index is 1800. The minimum absolute atomic E-state index is 0.0934. The predicted molar refractivity (Wildman–Crippen MR) is 362 cm³/mol. The molecule has 0 aromatic carbocycles. The average Bonchev–Trinajstić information content (AvgIpc) is 3.48. The highest BCUT2D eigenvalue weighted by molar-refractivity contribution is 5.71. The summed E-state index contributed by atoms with van der Waals surface area (Å²) in [5, 5.41) is 0. The van der Waals surface area contributed by atoms with Crippen LogP contribution in [0.15, 0.2) is 146 Å². The summed E-state index contributed by atoms with van der Waals surface area (Å²) in [7, 11) is 0. The minimum Gasteiger partial charge on any atom is -0.462 e. The van der Waals surface area contributed by atoms with Crippen LogP contribution in [0.4, 0.5) is 0 Å². The largest absolute Gasteiger partial charge is 0.462 e. The second-order valence-corrected chi connectivity index (χ2v) is 22.3. The van der Waals surface area contributed by atoms with Crippen molar-refractivity contribution in [3.63, 3.8) is 0 Å². The van der Waals surface area contributed by atoms with E-state index >= 15 is 0 Å². The van der Waals surface area contributed by atoms with Gasteiger partial charge < -0.3 is 14.2 Å². The zero-order valence-corrected chi connectivity index (χ0v) is 53.9. The molecular formula is C77H126O6. The van der Waals surface area contributed by atoms with Crippen LogP contribution in [-0.4, -0.2) is 37.2 Å². The number of ether oxygens (including phenoxy) is 3. The number of esters is 3. The van der Waals surface area contributed by atoms with E-state index in [1.807, 2.05) is 0 Å². The Kier molecular flexibility index (Phi) is 65.8. The first-order chi connectivity index (χ1) is 41.0. The smallest absolute Gasteiger partial charge is 0.306 e. The van der Waals surface area contributed by atoms with E-state index in [1.54, 1.807) is 0 Å². The maximum atomic E-state index is 12.9. The van der Waals surface area contributed by atoms with E-state index in [9.17, 15) is 14.4 Å². The van der Waals surface area contributed by atoms with Crippen LogP contribution >= 0.6 is 0 Å². The van der Waals surface area contributed by atoms with E-state index in [4.69, 9.17) is 14.2 Å². The molecule has 0 spiro atoms. The van der Waals surface area contributed by atoms with Gasteiger partial charge in [0.25, 0.3) is 0 Å². The van der Waals surface area contributed by atoms with Crippen molar-refractivity contribution in [2.75, 3.05) is 13.2 Å². The van der Waals surface area contributed by atoms with Gasteiger partial charge in [-0.15, -0.1) is 0 Å². The number of unbranched alkanes of at least 4 members (excludes halogenated alkanes) is 26. The first-order valence-electron chi connectivity index (χ1n) is 34.3. The third kappa shape index (κ3) is 68.0. The molecule has 1 unspecified atom stereocenters. The van der Waals surface area contributed by atoms with Crippen LogP contribution in [0.5, 0.6) is 0 Å². The van der Waals surface area contributed by atoms with Crippen LogP contribution in [0.1, 0.15) is 303 Å². The zero-order valence-electron chi connectivity index (χ0n) is 53.9. The van der Waals surface area contributed by atoms with Crippen molar-refractivity contribution in [1.82, 2.24) is 0 Å². The summed E-state index contributed by atoms with van der Waals surface area (Å²) in [5.41, 5.74) is 0. The van der Waals surface area contributed by atoms with Crippen molar-refractivity contribution in [3.05, 3.63) is 146 Å². The van der Waals surface area contributed by atoms with Crippen LogP contribution in [0.2, 0.25) is 0 Å². The number of carbonyl (C=O) groups excluding carboxylic acids is 3.